The Morgan fingerprint density at radius 1 is 1.47 bits per heavy atom. The van der Waals surface area contributed by atoms with E-state index in [4.69, 9.17) is 4.42 Å². The summed E-state index contributed by atoms with van der Waals surface area (Å²) in [5.74, 6) is 0.204. The molecular formula is C11H13FN4O. The molecule has 0 bridgehead atoms. The standard InChI is InChI=1S/C11H13FN4O/c1-16(2)10-9(12)6-14-11(15-10)13-5-8-3-4-17-7-8/h3-4,6-7H,5H2,1-2H3,(H,13,14,15). The minimum Gasteiger partial charge on any atom is -0.472 e. The van der Waals surface area contributed by atoms with Gasteiger partial charge in [-0.2, -0.15) is 4.98 Å². The van der Waals surface area contributed by atoms with E-state index in [2.05, 4.69) is 15.3 Å². The summed E-state index contributed by atoms with van der Waals surface area (Å²) in [6, 6.07) is 1.84. The van der Waals surface area contributed by atoms with Crippen LogP contribution in [0.25, 0.3) is 0 Å². The molecule has 0 atom stereocenters. The Kier molecular flexibility index (Phi) is 3.22. The van der Waals surface area contributed by atoms with Crippen LogP contribution in [0.1, 0.15) is 5.56 Å². The Balaban J connectivity index is 2.09. The van der Waals surface area contributed by atoms with Crippen LogP contribution in [0.4, 0.5) is 16.2 Å². The number of halogens is 1. The molecule has 90 valence electrons. The Hall–Kier alpha value is -2.11. The summed E-state index contributed by atoms with van der Waals surface area (Å²) >= 11 is 0. The fourth-order valence-corrected chi connectivity index (χ4v) is 1.33. The largest absolute Gasteiger partial charge is 0.472 e. The maximum absolute atomic E-state index is 13.3. The van der Waals surface area contributed by atoms with Crippen molar-refractivity contribution in [3.63, 3.8) is 0 Å². The molecule has 6 heteroatoms. The van der Waals surface area contributed by atoms with Crippen LogP contribution in [0.15, 0.2) is 29.2 Å². The van der Waals surface area contributed by atoms with Gasteiger partial charge in [0.05, 0.1) is 18.7 Å². The zero-order valence-electron chi connectivity index (χ0n) is 9.64. The molecule has 17 heavy (non-hydrogen) atoms. The van der Waals surface area contributed by atoms with Crippen molar-refractivity contribution in [1.82, 2.24) is 9.97 Å². The summed E-state index contributed by atoms with van der Waals surface area (Å²) in [7, 11) is 3.45. The molecule has 0 saturated carbocycles. The van der Waals surface area contributed by atoms with E-state index in [1.165, 1.54) is 0 Å². The third-order valence-corrected chi connectivity index (χ3v) is 2.18. The first-order valence-electron chi connectivity index (χ1n) is 5.11. The van der Waals surface area contributed by atoms with E-state index < -0.39 is 5.82 Å². The van der Waals surface area contributed by atoms with Crippen LogP contribution in [0, 0.1) is 5.82 Å². The van der Waals surface area contributed by atoms with Crippen molar-refractivity contribution in [2.45, 2.75) is 6.54 Å². The lowest BCUT2D eigenvalue weighted by Crippen LogP contribution is -2.14. The molecule has 2 heterocycles. The molecule has 1 N–H and O–H groups in total. The molecule has 0 fully saturated rings. The van der Waals surface area contributed by atoms with Crippen molar-refractivity contribution in [2.24, 2.45) is 0 Å². The average molecular weight is 236 g/mol. The summed E-state index contributed by atoms with van der Waals surface area (Å²) in [6.45, 7) is 0.537. The molecule has 2 aromatic heterocycles. The highest BCUT2D eigenvalue weighted by atomic mass is 19.1. The lowest BCUT2D eigenvalue weighted by Gasteiger charge is -2.13. The van der Waals surface area contributed by atoms with Crippen LogP contribution in [0.3, 0.4) is 0 Å². The fraction of sp³-hybridized carbons (Fsp3) is 0.273. The van der Waals surface area contributed by atoms with Gasteiger partial charge in [0, 0.05) is 26.2 Å². The van der Waals surface area contributed by atoms with Gasteiger partial charge in [-0.15, -0.1) is 0 Å². The summed E-state index contributed by atoms with van der Waals surface area (Å²) < 4.78 is 18.3. The molecule has 2 aromatic rings. The second kappa shape index (κ2) is 4.82. The second-order valence-electron chi connectivity index (χ2n) is 3.74. The molecule has 0 amide bonds. The first kappa shape index (κ1) is 11.4. The number of nitrogens with one attached hydrogen (secondary N) is 1. The van der Waals surface area contributed by atoms with Gasteiger partial charge in [-0.3, -0.25) is 0 Å². The molecule has 0 aliphatic rings. The van der Waals surface area contributed by atoms with E-state index in [0.29, 0.717) is 12.5 Å². The predicted octanol–water partition coefficient (Wildman–Crippen LogP) is 1.89. The van der Waals surface area contributed by atoms with Gasteiger partial charge < -0.3 is 14.6 Å². The first-order valence-corrected chi connectivity index (χ1v) is 5.11. The van der Waals surface area contributed by atoms with Gasteiger partial charge in [-0.25, -0.2) is 9.37 Å². The number of hydrogen-bond acceptors (Lipinski definition) is 5. The Morgan fingerprint density at radius 2 is 2.29 bits per heavy atom. The van der Waals surface area contributed by atoms with Gasteiger partial charge in [0.15, 0.2) is 11.6 Å². The highest BCUT2D eigenvalue weighted by molar-refractivity contribution is 5.42. The van der Waals surface area contributed by atoms with Crippen LogP contribution in [0.5, 0.6) is 0 Å². The van der Waals surface area contributed by atoms with E-state index >= 15 is 0 Å². The maximum Gasteiger partial charge on any atom is 0.225 e. The Bertz CT molecular complexity index is 484. The van der Waals surface area contributed by atoms with Crippen molar-refractivity contribution >= 4 is 11.8 Å². The van der Waals surface area contributed by atoms with E-state index in [0.717, 1.165) is 11.8 Å². The molecule has 0 aromatic carbocycles. The first-order chi connectivity index (χ1) is 8.16. The van der Waals surface area contributed by atoms with Crippen LogP contribution in [-0.2, 0) is 6.54 Å². The molecule has 0 radical (unpaired) electrons. The molecule has 5 nitrogen and oxygen atoms in total. The highest BCUT2D eigenvalue weighted by Crippen LogP contribution is 2.14. The summed E-state index contributed by atoms with van der Waals surface area (Å²) in [6.07, 6.45) is 4.37. The smallest absolute Gasteiger partial charge is 0.225 e. The minimum atomic E-state index is -0.441. The number of aromatic nitrogens is 2. The van der Waals surface area contributed by atoms with Crippen LogP contribution in [0.2, 0.25) is 0 Å². The van der Waals surface area contributed by atoms with Crippen molar-refractivity contribution in [2.75, 3.05) is 24.3 Å². The van der Waals surface area contributed by atoms with Crippen molar-refractivity contribution in [1.29, 1.82) is 0 Å². The van der Waals surface area contributed by atoms with Crippen LogP contribution < -0.4 is 10.2 Å². The van der Waals surface area contributed by atoms with Gasteiger partial charge in [-0.1, -0.05) is 0 Å². The van der Waals surface area contributed by atoms with Crippen molar-refractivity contribution < 1.29 is 8.81 Å². The highest BCUT2D eigenvalue weighted by Gasteiger charge is 2.08. The van der Waals surface area contributed by atoms with E-state index in [-0.39, 0.29) is 5.82 Å². The van der Waals surface area contributed by atoms with Crippen molar-refractivity contribution in [3.05, 3.63) is 36.2 Å². The summed E-state index contributed by atoms with van der Waals surface area (Å²) in [5.41, 5.74) is 0.976. The monoisotopic (exact) mass is 236 g/mol. The zero-order chi connectivity index (χ0) is 12.3. The SMILES string of the molecule is CN(C)c1nc(NCc2ccoc2)ncc1F. The van der Waals surface area contributed by atoms with Gasteiger partial charge in [0.2, 0.25) is 5.95 Å². The lowest BCUT2D eigenvalue weighted by molar-refractivity contribution is 0.564. The van der Waals surface area contributed by atoms with E-state index in [1.54, 1.807) is 31.5 Å². The van der Waals surface area contributed by atoms with E-state index in [1.807, 2.05) is 6.07 Å². The van der Waals surface area contributed by atoms with Gasteiger partial charge in [0.25, 0.3) is 0 Å². The quantitative estimate of drug-likeness (QED) is 0.878. The van der Waals surface area contributed by atoms with E-state index in [9.17, 15) is 4.39 Å². The predicted molar refractivity (Wildman–Crippen MR) is 62.4 cm³/mol. The minimum absolute atomic E-state index is 0.259. The van der Waals surface area contributed by atoms with Gasteiger partial charge in [0.1, 0.15) is 0 Å². The second-order valence-corrected chi connectivity index (χ2v) is 3.74. The normalized spacial score (nSPS) is 10.3. The number of anilines is 2. The van der Waals surface area contributed by atoms with Gasteiger partial charge >= 0.3 is 0 Å². The van der Waals surface area contributed by atoms with Crippen LogP contribution >= 0.6 is 0 Å². The molecule has 0 unspecified atom stereocenters. The molecule has 2 rings (SSSR count). The lowest BCUT2D eigenvalue weighted by atomic mass is 10.3. The molecule has 0 aliphatic heterocycles. The van der Waals surface area contributed by atoms with Gasteiger partial charge in [-0.05, 0) is 6.07 Å². The molecule has 0 aliphatic carbocycles. The average Bonchev–Trinajstić information content (AvgIpc) is 2.80. The number of nitrogens with zero attached hydrogens (tertiary/aromatic N) is 3. The summed E-state index contributed by atoms with van der Waals surface area (Å²) in [5, 5.41) is 2.99. The third-order valence-electron chi connectivity index (χ3n) is 2.18. The molecular weight excluding hydrogens is 223 g/mol. The number of hydrogen-bond donors (Lipinski definition) is 1. The number of furan rings is 1. The molecule has 0 saturated heterocycles. The zero-order valence-corrected chi connectivity index (χ0v) is 9.64. The van der Waals surface area contributed by atoms with Crippen molar-refractivity contribution in [3.8, 4) is 0 Å². The Labute approximate surface area is 98.3 Å². The fourth-order valence-electron chi connectivity index (χ4n) is 1.33. The van der Waals surface area contributed by atoms with Crippen LogP contribution in [-0.4, -0.2) is 24.1 Å². The Morgan fingerprint density at radius 3 is 2.94 bits per heavy atom. The summed E-state index contributed by atoms with van der Waals surface area (Å²) in [4.78, 5) is 9.53. The maximum atomic E-state index is 13.3. The molecule has 0 spiro atoms. The third kappa shape index (κ3) is 2.72. The topological polar surface area (TPSA) is 54.2 Å². The number of rotatable bonds is 4.